The lowest BCUT2D eigenvalue weighted by molar-refractivity contribution is -0.659. The van der Waals surface area contributed by atoms with E-state index in [1.165, 1.54) is 5.39 Å². The van der Waals surface area contributed by atoms with Crippen LogP contribution in [0.3, 0.4) is 0 Å². The van der Waals surface area contributed by atoms with Gasteiger partial charge in [-0.25, -0.2) is 13.0 Å². The van der Waals surface area contributed by atoms with E-state index >= 15 is 0 Å². The van der Waals surface area contributed by atoms with Gasteiger partial charge in [-0.3, -0.25) is 0 Å². The Morgan fingerprint density at radius 2 is 1.59 bits per heavy atom. The van der Waals surface area contributed by atoms with E-state index in [1.807, 2.05) is 31.3 Å². The van der Waals surface area contributed by atoms with Crippen molar-refractivity contribution in [2.24, 2.45) is 7.05 Å². The Labute approximate surface area is 165 Å². The fraction of sp³-hybridized carbons (Fsp3) is 0.211. The summed E-state index contributed by atoms with van der Waals surface area (Å²) < 4.78 is 71.7. The average Bonchev–Trinajstić information content (AvgIpc) is 2.66. The van der Waals surface area contributed by atoms with Crippen molar-refractivity contribution in [3.63, 3.8) is 0 Å². The lowest BCUT2D eigenvalue weighted by atomic mass is 10.1. The third-order valence-corrected chi connectivity index (χ3v) is 4.55. The van der Waals surface area contributed by atoms with Crippen LogP contribution in [-0.4, -0.2) is 32.7 Å². The van der Waals surface area contributed by atoms with Gasteiger partial charge in [0.05, 0.1) is 19.6 Å². The van der Waals surface area contributed by atoms with Crippen LogP contribution in [0.25, 0.3) is 22.0 Å². The molecule has 0 unspecified atom stereocenters. The van der Waals surface area contributed by atoms with E-state index in [2.05, 4.69) is 35.0 Å². The molecule has 3 aromatic rings. The maximum Gasteiger partial charge on any atom is 0.485 e. The zero-order chi connectivity index (χ0) is 21.8. The lowest BCUT2D eigenvalue weighted by Gasteiger charge is -2.08. The van der Waals surface area contributed by atoms with Crippen molar-refractivity contribution in [1.82, 2.24) is 0 Å². The maximum atomic E-state index is 10.7. The number of hydrogen-bond acceptors (Lipinski definition) is 5. The highest BCUT2D eigenvalue weighted by Crippen LogP contribution is 2.27. The molecule has 0 atom stereocenters. The zero-order valence-electron chi connectivity index (χ0n) is 15.7. The summed E-state index contributed by atoms with van der Waals surface area (Å²) in [6.45, 7) is 0. The molecule has 6 nitrogen and oxygen atoms in total. The molecule has 0 radical (unpaired) electrons. The first-order valence-corrected chi connectivity index (χ1v) is 9.51. The SMILES string of the molecule is COc1ccc(-c2cc3cccc(OC)c3c[n+]2C)cc1.O=S(=O)([O-])C(F)(F)F. The second-order valence-corrected chi connectivity index (χ2v) is 7.23. The zero-order valence-corrected chi connectivity index (χ0v) is 16.5. The van der Waals surface area contributed by atoms with Gasteiger partial charge in [0.25, 0.3) is 0 Å². The van der Waals surface area contributed by atoms with Crippen LogP contribution in [0.15, 0.2) is 54.7 Å². The monoisotopic (exact) mass is 429 g/mol. The molecule has 1 aromatic heterocycles. The first kappa shape index (κ1) is 22.4. The predicted octanol–water partition coefficient (Wildman–Crippen LogP) is 3.40. The van der Waals surface area contributed by atoms with Gasteiger partial charge in [0.15, 0.2) is 16.3 Å². The van der Waals surface area contributed by atoms with E-state index < -0.39 is 15.6 Å². The fourth-order valence-corrected chi connectivity index (χ4v) is 2.56. The number of aryl methyl sites for hydroxylation is 1. The molecule has 0 saturated heterocycles. The number of methoxy groups -OCH3 is 2. The number of alkyl halides is 3. The molecule has 10 heteroatoms. The van der Waals surface area contributed by atoms with Crippen LogP contribution in [0.2, 0.25) is 0 Å². The molecule has 29 heavy (non-hydrogen) atoms. The van der Waals surface area contributed by atoms with Gasteiger partial charge in [-0.05, 0) is 35.7 Å². The summed E-state index contributed by atoms with van der Waals surface area (Å²) in [5.41, 5.74) is -3.34. The third kappa shape index (κ3) is 5.36. The highest BCUT2D eigenvalue weighted by molar-refractivity contribution is 7.86. The Morgan fingerprint density at radius 3 is 2.07 bits per heavy atom. The molecule has 2 aromatic carbocycles. The van der Waals surface area contributed by atoms with Crippen molar-refractivity contribution in [2.75, 3.05) is 14.2 Å². The van der Waals surface area contributed by atoms with Crippen LogP contribution in [0, 0.1) is 0 Å². The van der Waals surface area contributed by atoms with E-state index in [9.17, 15) is 13.2 Å². The molecular formula is C19H18F3NO5S. The Hall–Kier alpha value is -2.85. The molecule has 3 rings (SSSR count). The molecule has 1 heterocycles. The summed E-state index contributed by atoms with van der Waals surface area (Å²) in [7, 11) is -0.665. The van der Waals surface area contributed by atoms with E-state index in [0.717, 1.165) is 28.1 Å². The number of rotatable bonds is 3. The smallest absolute Gasteiger partial charge is 0.485 e. The van der Waals surface area contributed by atoms with E-state index in [4.69, 9.17) is 22.4 Å². The number of fused-ring (bicyclic) bond motifs is 1. The quantitative estimate of drug-likeness (QED) is 0.362. The summed E-state index contributed by atoms with van der Waals surface area (Å²) in [6.07, 6.45) is 2.10. The molecule has 0 aliphatic heterocycles. The van der Waals surface area contributed by atoms with Crippen LogP contribution in [0.1, 0.15) is 0 Å². The van der Waals surface area contributed by atoms with Crippen molar-refractivity contribution < 1.29 is 40.2 Å². The maximum absolute atomic E-state index is 10.7. The molecule has 156 valence electrons. The number of halogens is 3. The average molecular weight is 429 g/mol. The minimum atomic E-state index is -6.09. The molecule has 0 fully saturated rings. The number of pyridine rings is 1. The third-order valence-electron chi connectivity index (χ3n) is 3.98. The molecule has 0 aliphatic carbocycles. The highest BCUT2D eigenvalue weighted by Gasteiger charge is 2.36. The Bertz CT molecular complexity index is 1100. The topological polar surface area (TPSA) is 79.5 Å². The largest absolute Gasteiger partial charge is 0.741 e. The second kappa shape index (κ2) is 8.66. The van der Waals surface area contributed by atoms with Crippen molar-refractivity contribution in [2.45, 2.75) is 5.51 Å². The van der Waals surface area contributed by atoms with E-state index in [1.54, 1.807) is 14.2 Å². The van der Waals surface area contributed by atoms with Crippen molar-refractivity contribution in [3.05, 3.63) is 54.7 Å². The highest BCUT2D eigenvalue weighted by atomic mass is 32.2. The predicted molar refractivity (Wildman–Crippen MR) is 99.4 cm³/mol. The first-order valence-electron chi connectivity index (χ1n) is 8.11. The van der Waals surface area contributed by atoms with Crippen LogP contribution in [0.5, 0.6) is 11.5 Å². The molecular weight excluding hydrogens is 411 g/mol. The van der Waals surface area contributed by atoms with Gasteiger partial charge in [0, 0.05) is 11.6 Å². The molecule has 0 amide bonds. The Balaban J connectivity index is 0.000000321. The summed E-state index contributed by atoms with van der Waals surface area (Å²) in [5.74, 6) is 1.76. The second-order valence-electron chi connectivity index (χ2n) is 5.86. The molecule has 0 bridgehead atoms. The van der Waals surface area contributed by atoms with Crippen LogP contribution < -0.4 is 14.0 Å². The first-order chi connectivity index (χ1) is 13.5. The minimum absolute atomic E-state index is 0.865. The molecule has 0 aliphatic rings. The van der Waals surface area contributed by atoms with Gasteiger partial charge in [0.1, 0.15) is 18.5 Å². The van der Waals surface area contributed by atoms with Crippen LogP contribution in [-0.2, 0) is 17.2 Å². The number of aromatic nitrogens is 1. The summed E-state index contributed by atoms with van der Waals surface area (Å²) >= 11 is 0. The lowest BCUT2D eigenvalue weighted by Crippen LogP contribution is -2.30. The van der Waals surface area contributed by atoms with Crippen LogP contribution >= 0.6 is 0 Å². The van der Waals surface area contributed by atoms with Gasteiger partial charge in [0.2, 0.25) is 5.69 Å². The van der Waals surface area contributed by atoms with Crippen molar-refractivity contribution in [3.8, 4) is 22.8 Å². The van der Waals surface area contributed by atoms with Crippen molar-refractivity contribution >= 4 is 20.9 Å². The summed E-state index contributed by atoms with van der Waals surface area (Å²) in [6, 6.07) is 16.4. The van der Waals surface area contributed by atoms with Gasteiger partial charge < -0.3 is 14.0 Å². The normalized spacial score (nSPS) is 11.6. The van der Waals surface area contributed by atoms with Crippen LogP contribution in [0.4, 0.5) is 13.2 Å². The van der Waals surface area contributed by atoms with E-state index in [-0.39, 0.29) is 0 Å². The van der Waals surface area contributed by atoms with Crippen molar-refractivity contribution in [1.29, 1.82) is 0 Å². The fourth-order valence-electron chi connectivity index (χ4n) is 2.56. The summed E-state index contributed by atoms with van der Waals surface area (Å²) in [4.78, 5) is 0. The van der Waals surface area contributed by atoms with Gasteiger partial charge >= 0.3 is 5.51 Å². The number of nitrogens with zero attached hydrogens (tertiary/aromatic N) is 1. The standard InChI is InChI=1S/C18H18NO2.CHF3O3S/c1-19-12-16-14(5-4-6-18(16)21-3)11-17(19)13-7-9-15(20-2)10-8-13;2-1(3,4)8(5,6)7/h4-12H,1-3H3;(H,5,6,7)/q+1;/p-1. The van der Waals surface area contributed by atoms with Gasteiger partial charge in [-0.2, -0.15) is 13.2 Å². The molecule has 0 spiro atoms. The Kier molecular flexibility index (Phi) is 6.70. The number of hydrogen-bond donors (Lipinski definition) is 0. The number of ether oxygens (including phenoxy) is 2. The van der Waals surface area contributed by atoms with Gasteiger partial charge in [-0.1, -0.05) is 12.1 Å². The minimum Gasteiger partial charge on any atom is -0.741 e. The number of benzene rings is 2. The summed E-state index contributed by atoms with van der Waals surface area (Å²) in [5, 5.41) is 2.28. The van der Waals surface area contributed by atoms with Gasteiger partial charge in [-0.15, -0.1) is 0 Å². The molecule has 0 saturated carbocycles. The van der Waals surface area contributed by atoms with E-state index in [0.29, 0.717) is 0 Å². The Morgan fingerprint density at radius 1 is 1.00 bits per heavy atom. The molecule has 0 N–H and O–H groups in total.